The molecule has 2 unspecified atom stereocenters. The van der Waals surface area contributed by atoms with Gasteiger partial charge in [0.2, 0.25) is 0 Å². The second kappa shape index (κ2) is 5.87. The fourth-order valence-corrected chi connectivity index (χ4v) is 3.23. The van der Waals surface area contributed by atoms with Crippen molar-refractivity contribution in [2.24, 2.45) is 11.7 Å². The molecular formula is C15H21FN2S. The molecule has 1 saturated carbocycles. The highest BCUT2D eigenvalue weighted by molar-refractivity contribution is 7.80. The SMILES string of the molecule is CC1CCCCC1N(C)c1ccc(F)cc1C(N)=S. The van der Waals surface area contributed by atoms with Gasteiger partial charge in [-0.05, 0) is 37.0 Å². The summed E-state index contributed by atoms with van der Waals surface area (Å²) in [6.07, 6.45) is 4.98. The Kier molecular flexibility index (Phi) is 4.40. The second-order valence-corrected chi connectivity index (χ2v) is 5.91. The standard InChI is InChI=1S/C15H21FN2S/c1-10-5-3-4-6-13(10)18(2)14-8-7-11(16)9-12(14)15(17)19/h7-10,13H,3-6H2,1-2H3,(H2,17,19). The molecule has 0 aromatic heterocycles. The third-order valence-electron chi connectivity index (χ3n) is 4.17. The van der Waals surface area contributed by atoms with E-state index in [9.17, 15) is 4.39 Å². The fourth-order valence-electron chi connectivity index (χ4n) is 3.06. The molecule has 2 nitrogen and oxygen atoms in total. The summed E-state index contributed by atoms with van der Waals surface area (Å²) >= 11 is 5.04. The number of anilines is 1. The van der Waals surface area contributed by atoms with Crippen LogP contribution in [0.5, 0.6) is 0 Å². The number of benzene rings is 1. The third-order valence-corrected chi connectivity index (χ3v) is 4.39. The first-order chi connectivity index (χ1) is 9.00. The summed E-state index contributed by atoms with van der Waals surface area (Å²) in [4.78, 5) is 2.47. The summed E-state index contributed by atoms with van der Waals surface area (Å²) < 4.78 is 13.4. The van der Waals surface area contributed by atoms with Crippen molar-refractivity contribution in [3.8, 4) is 0 Å². The number of rotatable bonds is 3. The molecule has 0 aliphatic heterocycles. The summed E-state index contributed by atoms with van der Waals surface area (Å²) in [5, 5.41) is 0. The number of nitrogens with two attached hydrogens (primary N) is 1. The molecule has 2 N–H and O–H groups in total. The Morgan fingerprint density at radius 2 is 2.05 bits per heavy atom. The van der Waals surface area contributed by atoms with E-state index in [1.807, 2.05) is 0 Å². The molecule has 1 fully saturated rings. The molecule has 0 heterocycles. The van der Waals surface area contributed by atoms with Gasteiger partial charge in [-0.2, -0.15) is 0 Å². The van der Waals surface area contributed by atoms with Crippen molar-refractivity contribution in [3.05, 3.63) is 29.6 Å². The highest BCUT2D eigenvalue weighted by atomic mass is 32.1. The Balaban J connectivity index is 2.32. The van der Waals surface area contributed by atoms with Gasteiger partial charge < -0.3 is 10.6 Å². The summed E-state index contributed by atoms with van der Waals surface area (Å²) in [5.74, 6) is 0.347. The van der Waals surface area contributed by atoms with Crippen molar-refractivity contribution < 1.29 is 4.39 Å². The van der Waals surface area contributed by atoms with Crippen molar-refractivity contribution in [3.63, 3.8) is 0 Å². The van der Waals surface area contributed by atoms with Crippen molar-refractivity contribution in [1.29, 1.82) is 0 Å². The van der Waals surface area contributed by atoms with Gasteiger partial charge in [0.25, 0.3) is 0 Å². The molecule has 0 amide bonds. The molecule has 1 aromatic carbocycles. The van der Waals surface area contributed by atoms with E-state index in [1.165, 1.54) is 37.8 Å². The van der Waals surface area contributed by atoms with E-state index in [0.29, 0.717) is 17.5 Å². The van der Waals surface area contributed by atoms with E-state index in [-0.39, 0.29) is 10.8 Å². The molecule has 19 heavy (non-hydrogen) atoms. The van der Waals surface area contributed by atoms with Gasteiger partial charge in [0.05, 0.1) is 0 Å². The number of thiocarbonyl (C=S) groups is 1. The van der Waals surface area contributed by atoms with Crippen LogP contribution in [0.3, 0.4) is 0 Å². The smallest absolute Gasteiger partial charge is 0.124 e. The molecule has 104 valence electrons. The maximum absolute atomic E-state index is 13.4. The molecule has 4 heteroatoms. The molecule has 1 aromatic rings. The maximum Gasteiger partial charge on any atom is 0.124 e. The Labute approximate surface area is 119 Å². The Hall–Kier alpha value is -1.16. The topological polar surface area (TPSA) is 29.3 Å². The number of nitrogens with zero attached hydrogens (tertiary/aromatic N) is 1. The van der Waals surface area contributed by atoms with Crippen LogP contribution in [0, 0.1) is 11.7 Å². The van der Waals surface area contributed by atoms with E-state index in [1.54, 1.807) is 6.07 Å². The van der Waals surface area contributed by atoms with Crippen LogP contribution in [-0.2, 0) is 0 Å². The summed E-state index contributed by atoms with van der Waals surface area (Å²) in [5.41, 5.74) is 7.30. The first kappa shape index (κ1) is 14.3. The molecule has 1 aliphatic carbocycles. The van der Waals surface area contributed by atoms with E-state index in [0.717, 1.165) is 5.69 Å². The maximum atomic E-state index is 13.4. The molecular weight excluding hydrogens is 259 g/mol. The highest BCUT2D eigenvalue weighted by Crippen LogP contribution is 2.32. The van der Waals surface area contributed by atoms with Gasteiger partial charge in [0.1, 0.15) is 10.8 Å². The van der Waals surface area contributed by atoms with Gasteiger partial charge in [-0.25, -0.2) is 4.39 Å². The molecule has 0 bridgehead atoms. The van der Waals surface area contributed by atoms with Gasteiger partial charge in [0.15, 0.2) is 0 Å². The predicted octanol–water partition coefficient (Wildman–Crippen LogP) is 3.47. The van der Waals surface area contributed by atoms with Crippen molar-refractivity contribution in [2.45, 2.75) is 38.6 Å². The fraction of sp³-hybridized carbons (Fsp3) is 0.533. The molecule has 1 aliphatic rings. The molecule has 0 spiro atoms. The van der Waals surface area contributed by atoms with Crippen molar-refractivity contribution >= 4 is 22.9 Å². The van der Waals surface area contributed by atoms with Crippen LogP contribution in [0.4, 0.5) is 10.1 Å². The quantitative estimate of drug-likeness (QED) is 0.860. The third kappa shape index (κ3) is 3.06. The first-order valence-corrected chi connectivity index (χ1v) is 7.23. The summed E-state index contributed by atoms with van der Waals surface area (Å²) in [6, 6.07) is 5.17. The Morgan fingerprint density at radius 1 is 1.37 bits per heavy atom. The molecule has 2 rings (SSSR count). The Morgan fingerprint density at radius 3 is 2.68 bits per heavy atom. The van der Waals surface area contributed by atoms with Crippen LogP contribution in [-0.4, -0.2) is 18.1 Å². The monoisotopic (exact) mass is 280 g/mol. The number of hydrogen-bond donors (Lipinski definition) is 1. The lowest BCUT2D eigenvalue weighted by Crippen LogP contribution is -2.40. The second-order valence-electron chi connectivity index (χ2n) is 5.47. The highest BCUT2D eigenvalue weighted by Gasteiger charge is 2.26. The van der Waals surface area contributed by atoms with Gasteiger partial charge in [-0.1, -0.05) is 32.0 Å². The van der Waals surface area contributed by atoms with Gasteiger partial charge in [-0.3, -0.25) is 0 Å². The van der Waals surface area contributed by atoms with Crippen LogP contribution in [0.1, 0.15) is 38.2 Å². The average molecular weight is 280 g/mol. The van der Waals surface area contributed by atoms with Crippen LogP contribution in [0.15, 0.2) is 18.2 Å². The lowest BCUT2D eigenvalue weighted by molar-refractivity contribution is 0.321. The minimum absolute atomic E-state index is 0.254. The van der Waals surface area contributed by atoms with E-state index in [4.69, 9.17) is 18.0 Å². The van der Waals surface area contributed by atoms with E-state index >= 15 is 0 Å². The van der Waals surface area contributed by atoms with Gasteiger partial charge in [0, 0.05) is 24.3 Å². The average Bonchev–Trinajstić information content (AvgIpc) is 2.38. The Bertz CT molecular complexity index is 475. The summed E-state index contributed by atoms with van der Waals surface area (Å²) in [6.45, 7) is 2.28. The zero-order valence-corrected chi connectivity index (χ0v) is 12.3. The van der Waals surface area contributed by atoms with Crippen LogP contribution in [0.25, 0.3) is 0 Å². The normalized spacial score (nSPS) is 23.1. The van der Waals surface area contributed by atoms with E-state index < -0.39 is 0 Å². The molecule has 0 radical (unpaired) electrons. The van der Waals surface area contributed by atoms with Gasteiger partial charge in [-0.15, -0.1) is 0 Å². The zero-order chi connectivity index (χ0) is 14.0. The first-order valence-electron chi connectivity index (χ1n) is 6.83. The predicted molar refractivity (Wildman–Crippen MR) is 82.1 cm³/mol. The van der Waals surface area contributed by atoms with Gasteiger partial charge >= 0.3 is 0 Å². The lowest BCUT2D eigenvalue weighted by Gasteiger charge is -2.38. The molecule has 0 saturated heterocycles. The van der Waals surface area contributed by atoms with Crippen LogP contribution >= 0.6 is 12.2 Å². The lowest BCUT2D eigenvalue weighted by atomic mass is 9.84. The van der Waals surface area contributed by atoms with E-state index in [2.05, 4.69) is 18.9 Å². The minimum atomic E-state index is -0.295. The zero-order valence-electron chi connectivity index (χ0n) is 11.5. The largest absolute Gasteiger partial charge is 0.389 e. The summed E-state index contributed by atoms with van der Waals surface area (Å²) in [7, 11) is 2.06. The minimum Gasteiger partial charge on any atom is -0.389 e. The molecule has 2 atom stereocenters. The van der Waals surface area contributed by atoms with Crippen molar-refractivity contribution in [2.75, 3.05) is 11.9 Å². The van der Waals surface area contributed by atoms with Crippen molar-refractivity contribution in [1.82, 2.24) is 0 Å². The van der Waals surface area contributed by atoms with Crippen LogP contribution < -0.4 is 10.6 Å². The number of hydrogen-bond acceptors (Lipinski definition) is 2. The number of halogens is 1. The van der Waals surface area contributed by atoms with Crippen LogP contribution in [0.2, 0.25) is 0 Å².